The molecule has 92 valence electrons. The van der Waals surface area contributed by atoms with Gasteiger partial charge in [0.2, 0.25) is 11.6 Å². The summed E-state index contributed by atoms with van der Waals surface area (Å²) in [6.07, 6.45) is 0. The van der Waals surface area contributed by atoms with Crippen molar-refractivity contribution in [2.45, 2.75) is 18.5 Å². The zero-order valence-corrected chi connectivity index (χ0v) is 8.39. The minimum atomic E-state index is -4.75. The first-order chi connectivity index (χ1) is 7.87. The molecule has 1 aliphatic carbocycles. The fourth-order valence-electron chi connectivity index (χ4n) is 1.38. The lowest BCUT2D eigenvalue weighted by Crippen LogP contribution is -2.53. The Morgan fingerprint density at radius 3 is 2.06 bits per heavy atom. The van der Waals surface area contributed by atoms with Crippen LogP contribution in [-0.4, -0.2) is 11.8 Å². The number of ether oxygens (including phenoxy) is 1. The topological polar surface area (TPSA) is 9.23 Å². The van der Waals surface area contributed by atoms with Gasteiger partial charge < -0.3 is 4.74 Å². The summed E-state index contributed by atoms with van der Waals surface area (Å²) >= 11 is 0. The van der Waals surface area contributed by atoms with Crippen LogP contribution < -0.4 is 0 Å². The predicted molar refractivity (Wildman–Crippen MR) is 49.3 cm³/mol. The highest BCUT2D eigenvalue weighted by Crippen LogP contribution is 2.56. The van der Waals surface area contributed by atoms with Crippen molar-refractivity contribution in [3.63, 3.8) is 0 Å². The van der Waals surface area contributed by atoms with E-state index >= 15 is 0 Å². The molecule has 0 atom stereocenters. The second-order valence-corrected chi connectivity index (χ2v) is 3.57. The Kier molecular flexibility index (Phi) is 2.60. The molecular formula is C11H7F5O. The maximum absolute atomic E-state index is 12.8. The standard InChI is InChI=1S/C11H7F5O/c12-8-9(11(15,16)10(8,13)14)17-6-7-4-2-1-3-5-7/h1-5H,6H2. The third-order valence-corrected chi connectivity index (χ3v) is 2.38. The molecule has 1 aromatic carbocycles. The highest BCUT2D eigenvalue weighted by atomic mass is 19.3. The Morgan fingerprint density at radius 1 is 0.941 bits per heavy atom. The molecule has 1 aliphatic rings. The van der Waals surface area contributed by atoms with Crippen LogP contribution in [0.2, 0.25) is 0 Å². The molecule has 1 aromatic rings. The lowest BCUT2D eigenvalue weighted by Gasteiger charge is -2.35. The lowest BCUT2D eigenvalue weighted by atomic mass is 9.96. The molecule has 0 unspecified atom stereocenters. The van der Waals surface area contributed by atoms with Crippen LogP contribution in [0.3, 0.4) is 0 Å². The fourth-order valence-corrected chi connectivity index (χ4v) is 1.38. The number of allylic oxidation sites excluding steroid dienone is 2. The average molecular weight is 250 g/mol. The van der Waals surface area contributed by atoms with E-state index < -0.39 is 23.4 Å². The Hall–Kier alpha value is -1.59. The van der Waals surface area contributed by atoms with Gasteiger partial charge in [0.1, 0.15) is 6.61 Å². The third kappa shape index (κ3) is 1.67. The summed E-state index contributed by atoms with van der Waals surface area (Å²) in [5.41, 5.74) is 0.485. The number of alkyl halides is 4. The summed E-state index contributed by atoms with van der Waals surface area (Å²) in [7, 11) is 0. The molecule has 0 radical (unpaired) electrons. The smallest absolute Gasteiger partial charge is 0.375 e. The maximum atomic E-state index is 12.8. The molecule has 6 heteroatoms. The monoisotopic (exact) mass is 250 g/mol. The number of rotatable bonds is 3. The van der Waals surface area contributed by atoms with E-state index in [-0.39, 0.29) is 6.61 Å². The molecule has 0 aromatic heterocycles. The Labute approximate surface area is 93.5 Å². The van der Waals surface area contributed by atoms with Crippen LogP contribution in [0.4, 0.5) is 22.0 Å². The molecule has 0 saturated carbocycles. The van der Waals surface area contributed by atoms with Crippen LogP contribution in [-0.2, 0) is 11.3 Å². The van der Waals surface area contributed by atoms with Crippen LogP contribution in [0.1, 0.15) is 5.56 Å². The van der Waals surface area contributed by atoms with Gasteiger partial charge in [-0.15, -0.1) is 0 Å². The van der Waals surface area contributed by atoms with E-state index in [9.17, 15) is 22.0 Å². The molecular weight excluding hydrogens is 243 g/mol. The summed E-state index contributed by atoms with van der Waals surface area (Å²) in [5, 5.41) is 0. The second kappa shape index (κ2) is 3.72. The van der Waals surface area contributed by atoms with E-state index in [1.165, 1.54) is 0 Å². The van der Waals surface area contributed by atoms with Crippen LogP contribution in [0, 0.1) is 0 Å². The first-order valence-corrected chi connectivity index (χ1v) is 4.70. The summed E-state index contributed by atoms with van der Waals surface area (Å²) in [6.45, 7) is -0.380. The van der Waals surface area contributed by atoms with Gasteiger partial charge in [0.05, 0.1) is 0 Å². The Bertz CT molecular complexity index is 452. The van der Waals surface area contributed by atoms with Crippen molar-refractivity contribution < 1.29 is 26.7 Å². The van der Waals surface area contributed by atoms with Crippen LogP contribution in [0.5, 0.6) is 0 Å². The van der Waals surface area contributed by atoms with Gasteiger partial charge in [-0.3, -0.25) is 0 Å². The van der Waals surface area contributed by atoms with Crippen LogP contribution in [0.25, 0.3) is 0 Å². The third-order valence-electron chi connectivity index (χ3n) is 2.38. The molecule has 0 bridgehead atoms. The van der Waals surface area contributed by atoms with E-state index in [2.05, 4.69) is 4.74 Å². The van der Waals surface area contributed by atoms with Crippen molar-refractivity contribution in [3.05, 3.63) is 47.5 Å². The van der Waals surface area contributed by atoms with Gasteiger partial charge in [0, 0.05) is 0 Å². The average Bonchev–Trinajstić information content (AvgIpc) is 2.29. The van der Waals surface area contributed by atoms with Crippen LogP contribution >= 0.6 is 0 Å². The number of halogens is 5. The zero-order valence-electron chi connectivity index (χ0n) is 8.39. The lowest BCUT2D eigenvalue weighted by molar-refractivity contribution is -0.233. The summed E-state index contributed by atoms with van der Waals surface area (Å²) in [5.74, 6) is -13.1. The van der Waals surface area contributed by atoms with Crippen LogP contribution in [0.15, 0.2) is 41.9 Å². The van der Waals surface area contributed by atoms with E-state index in [1.807, 2.05) is 0 Å². The summed E-state index contributed by atoms with van der Waals surface area (Å²) < 4.78 is 67.5. The van der Waals surface area contributed by atoms with E-state index in [1.54, 1.807) is 30.3 Å². The first-order valence-electron chi connectivity index (χ1n) is 4.70. The molecule has 2 rings (SSSR count). The van der Waals surface area contributed by atoms with E-state index in [0.29, 0.717) is 5.56 Å². The molecule has 1 nitrogen and oxygen atoms in total. The largest absolute Gasteiger partial charge is 0.484 e. The first kappa shape index (κ1) is 11.9. The Balaban J connectivity index is 2.09. The van der Waals surface area contributed by atoms with Crippen molar-refractivity contribution in [3.8, 4) is 0 Å². The molecule has 0 heterocycles. The minimum Gasteiger partial charge on any atom is -0.484 e. The number of benzene rings is 1. The summed E-state index contributed by atoms with van der Waals surface area (Å²) in [4.78, 5) is 0. The highest BCUT2D eigenvalue weighted by molar-refractivity contribution is 5.35. The zero-order chi connectivity index (χ0) is 12.7. The quantitative estimate of drug-likeness (QED) is 0.744. The van der Waals surface area contributed by atoms with Gasteiger partial charge in [-0.2, -0.15) is 17.6 Å². The molecule has 17 heavy (non-hydrogen) atoms. The summed E-state index contributed by atoms with van der Waals surface area (Å²) in [6, 6.07) is 8.03. The minimum absolute atomic E-state index is 0.380. The second-order valence-electron chi connectivity index (χ2n) is 3.57. The fraction of sp³-hybridized carbons (Fsp3) is 0.273. The molecule has 0 amide bonds. The van der Waals surface area contributed by atoms with E-state index in [4.69, 9.17) is 0 Å². The van der Waals surface area contributed by atoms with Gasteiger partial charge >= 0.3 is 11.8 Å². The van der Waals surface area contributed by atoms with Crippen molar-refractivity contribution in [2.75, 3.05) is 0 Å². The molecule has 0 aliphatic heterocycles. The highest BCUT2D eigenvalue weighted by Gasteiger charge is 2.74. The van der Waals surface area contributed by atoms with Crippen molar-refractivity contribution in [1.29, 1.82) is 0 Å². The van der Waals surface area contributed by atoms with Crippen molar-refractivity contribution in [2.24, 2.45) is 0 Å². The number of hydrogen-bond donors (Lipinski definition) is 0. The van der Waals surface area contributed by atoms with Gasteiger partial charge in [-0.25, -0.2) is 4.39 Å². The SMILES string of the molecule is FC1=C(OCc2ccccc2)C(F)(F)C1(F)F. The number of hydrogen-bond acceptors (Lipinski definition) is 1. The van der Waals surface area contributed by atoms with Crippen molar-refractivity contribution in [1.82, 2.24) is 0 Å². The van der Waals surface area contributed by atoms with Gasteiger partial charge in [-0.1, -0.05) is 30.3 Å². The maximum Gasteiger partial charge on any atom is 0.375 e. The van der Waals surface area contributed by atoms with E-state index in [0.717, 1.165) is 0 Å². The molecule has 0 spiro atoms. The predicted octanol–water partition coefficient (Wildman–Crippen LogP) is 3.67. The molecule has 0 saturated heterocycles. The van der Waals surface area contributed by atoms with Gasteiger partial charge in [0.15, 0.2) is 0 Å². The Morgan fingerprint density at radius 2 is 1.53 bits per heavy atom. The molecule has 0 fully saturated rings. The normalized spacial score (nSPS) is 21.0. The molecule has 0 N–H and O–H groups in total. The van der Waals surface area contributed by atoms with Crippen molar-refractivity contribution >= 4 is 0 Å². The van der Waals surface area contributed by atoms with Gasteiger partial charge in [-0.05, 0) is 5.56 Å². The van der Waals surface area contributed by atoms with Gasteiger partial charge in [0.25, 0.3) is 0 Å².